The first-order chi connectivity index (χ1) is 8.19. The van der Waals surface area contributed by atoms with Crippen LogP contribution in [0.25, 0.3) is 0 Å². The number of alkyl halides is 1. The molecule has 2 aromatic heterocycles. The molecule has 0 saturated carbocycles. The van der Waals surface area contributed by atoms with Crippen molar-refractivity contribution in [2.75, 3.05) is 11.9 Å². The quantitative estimate of drug-likeness (QED) is 0.780. The molecule has 17 heavy (non-hydrogen) atoms. The second-order valence-corrected chi connectivity index (χ2v) is 4.36. The number of anilines is 1. The Bertz CT molecular complexity index is 482. The van der Waals surface area contributed by atoms with Gasteiger partial charge in [0.05, 0.1) is 12.5 Å². The molecule has 0 aliphatic rings. The van der Waals surface area contributed by atoms with Gasteiger partial charge in [-0.2, -0.15) is 0 Å². The standard InChI is InChI=1S/C13H15ClN2O/c1-10-5-12(7-14)6-13(15-10)16(2)8-11-3-4-17-9-11/h3-6,9H,7-8H2,1-2H3. The molecule has 0 aliphatic heterocycles. The lowest BCUT2D eigenvalue weighted by atomic mass is 10.2. The van der Waals surface area contributed by atoms with E-state index in [9.17, 15) is 0 Å². The largest absolute Gasteiger partial charge is 0.472 e. The van der Waals surface area contributed by atoms with Gasteiger partial charge in [0.15, 0.2) is 0 Å². The Morgan fingerprint density at radius 3 is 2.82 bits per heavy atom. The topological polar surface area (TPSA) is 29.3 Å². The van der Waals surface area contributed by atoms with Gasteiger partial charge in [-0.15, -0.1) is 11.6 Å². The molecule has 2 rings (SSSR count). The van der Waals surface area contributed by atoms with Gasteiger partial charge in [-0.25, -0.2) is 4.98 Å². The van der Waals surface area contributed by atoms with Crippen LogP contribution in [0.2, 0.25) is 0 Å². The summed E-state index contributed by atoms with van der Waals surface area (Å²) in [6.07, 6.45) is 3.42. The number of aromatic nitrogens is 1. The van der Waals surface area contributed by atoms with E-state index < -0.39 is 0 Å². The fraction of sp³-hybridized carbons (Fsp3) is 0.308. The molecule has 0 N–H and O–H groups in total. The summed E-state index contributed by atoms with van der Waals surface area (Å²) in [5, 5.41) is 0. The highest BCUT2D eigenvalue weighted by Crippen LogP contribution is 2.17. The fourth-order valence-electron chi connectivity index (χ4n) is 1.73. The van der Waals surface area contributed by atoms with Gasteiger partial charge in [0.2, 0.25) is 0 Å². The van der Waals surface area contributed by atoms with Gasteiger partial charge in [-0.1, -0.05) is 0 Å². The molecule has 0 spiro atoms. The molecular formula is C13H15ClN2O. The van der Waals surface area contributed by atoms with Gasteiger partial charge in [0.25, 0.3) is 0 Å². The minimum atomic E-state index is 0.510. The first-order valence-corrected chi connectivity index (χ1v) is 5.98. The summed E-state index contributed by atoms with van der Waals surface area (Å²) in [7, 11) is 2.01. The monoisotopic (exact) mass is 250 g/mol. The molecule has 2 aromatic rings. The number of hydrogen-bond donors (Lipinski definition) is 0. The number of furan rings is 1. The molecule has 4 heteroatoms. The second kappa shape index (κ2) is 5.23. The minimum Gasteiger partial charge on any atom is -0.472 e. The molecule has 90 valence electrons. The summed E-state index contributed by atoms with van der Waals surface area (Å²) in [6, 6.07) is 5.97. The van der Waals surface area contributed by atoms with Gasteiger partial charge in [-0.05, 0) is 30.7 Å². The van der Waals surface area contributed by atoms with Crippen LogP contribution in [-0.4, -0.2) is 12.0 Å². The maximum absolute atomic E-state index is 5.86. The molecule has 0 bridgehead atoms. The molecule has 0 amide bonds. The van der Waals surface area contributed by atoms with E-state index in [0.29, 0.717) is 5.88 Å². The fourth-order valence-corrected chi connectivity index (χ4v) is 1.89. The van der Waals surface area contributed by atoms with Crippen LogP contribution in [0.15, 0.2) is 35.1 Å². The highest BCUT2D eigenvalue weighted by Gasteiger charge is 2.06. The first kappa shape index (κ1) is 12.0. The van der Waals surface area contributed by atoms with Gasteiger partial charge < -0.3 is 9.32 Å². The lowest BCUT2D eigenvalue weighted by Crippen LogP contribution is -2.17. The van der Waals surface area contributed by atoms with Gasteiger partial charge >= 0.3 is 0 Å². The average molecular weight is 251 g/mol. The summed E-state index contributed by atoms with van der Waals surface area (Å²) in [6.45, 7) is 2.75. The zero-order valence-corrected chi connectivity index (χ0v) is 10.7. The Kier molecular flexibility index (Phi) is 3.69. The molecule has 3 nitrogen and oxygen atoms in total. The Balaban J connectivity index is 2.18. The van der Waals surface area contributed by atoms with E-state index >= 15 is 0 Å². The number of rotatable bonds is 4. The molecule has 0 radical (unpaired) electrons. The minimum absolute atomic E-state index is 0.510. The molecule has 0 aromatic carbocycles. The lowest BCUT2D eigenvalue weighted by Gasteiger charge is -2.18. The Hall–Kier alpha value is -1.48. The third kappa shape index (κ3) is 3.01. The van der Waals surface area contributed by atoms with Gasteiger partial charge in [0.1, 0.15) is 5.82 Å². The van der Waals surface area contributed by atoms with Gasteiger partial charge in [-0.3, -0.25) is 0 Å². The van der Waals surface area contributed by atoms with Crippen molar-refractivity contribution in [3.05, 3.63) is 47.5 Å². The zero-order valence-electron chi connectivity index (χ0n) is 9.98. The van der Waals surface area contributed by atoms with Crippen molar-refractivity contribution in [2.45, 2.75) is 19.3 Å². The highest BCUT2D eigenvalue weighted by atomic mass is 35.5. The molecule has 0 fully saturated rings. The van der Waals surface area contributed by atoms with Crippen molar-refractivity contribution < 1.29 is 4.42 Å². The van der Waals surface area contributed by atoms with Crippen LogP contribution in [-0.2, 0) is 12.4 Å². The van der Waals surface area contributed by atoms with Gasteiger partial charge in [0, 0.05) is 30.7 Å². The summed E-state index contributed by atoms with van der Waals surface area (Å²) < 4.78 is 5.05. The van der Waals surface area contributed by atoms with E-state index in [2.05, 4.69) is 9.88 Å². The van der Waals surface area contributed by atoms with E-state index in [4.69, 9.17) is 16.0 Å². The summed E-state index contributed by atoms with van der Waals surface area (Å²) in [5.41, 5.74) is 3.20. The Morgan fingerprint density at radius 1 is 1.35 bits per heavy atom. The number of pyridine rings is 1. The van der Waals surface area contributed by atoms with E-state index in [1.807, 2.05) is 32.2 Å². The lowest BCUT2D eigenvalue weighted by molar-refractivity contribution is 0.563. The smallest absolute Gasteiger partial charge is 0.129 e. The summed E-state index contributed by atoms with van der Waals surface area (Å²) in [5.74, 6) is 1.44. The van der Waals surface area contributed by atoms with Crippen molar-refractivity contribution in [3.8, 4) is 0 Å². The third-order valence-electron chi connectivity index (χ3n) is 2.54. The van der Waals surface area contributed by atoms with Crippen LogP contribution in [0.1, 0.15) is 16.8 Å². The summed E-state index contributed by atoms with van der Waals surface area (Å²) >= 11 is 5.86. The first-order valence-electron chi connectivity index (χ1n) is 5.45. The normalized spacial score (nSPS) is 10.5. The van der Waals surface area contributed by atoms with E-state index in [1.165, 1.54) is 0 Å². The molecule has 0 saturated heterocycles. The molecule has 0 atom stereocenters. The van der Waals surface area contributed by atoms with E-state index in [-0.39, 0.29) is 0 Å². The Morgan fingerprint density at radius 2 is 2.18 bits per heavy atom. The maximum Gasteiger partial charge on any atom is 0.129 e. The van der Waals surface area contributed by atoms with Crippen molar-refractivity contribution >= 4 is 17.4 Å². The summed E-state index contributed by atoms with van der Waals surface area (Å²) in [4.78, 5) is 6.58. The van der Waals surface area contributed by atoms with Crippen LogP contribution in [0, 0.1) is 6.92 Å². The zero-order chi connectivity index (χ0) is 12.3. The van der Waals surface area contributed by atoms with Crippen molar-refractivity contribution in [3.63, 3.8) is 0 Å². The van der Waals surface area contributed by atoms with Crippen LogP contribution >= 0.6 is 11.6 Å². The van der Waals surface area contributed by atoms with Crippen LogP contribution in [0.4, 0.5) is 5.82 Å². The third-order valence-corrected chi connectivity index (χ3v) is 2.85. The predicted molar refractivity (Wildman–Crippen MR) is 69.3 cm³/mol. The van der Waals surface area contributed by atoms with Crippen molar-refractivity contribution in [1.29, 1.82) is 0 Å². The maximum atomic E-state index is 5.86. The molecule has 0 unspecified atom stereocenters. The van der Waals surface area contributed by atoms with Crippen molar-refractivity contribution in [2.24, 2.45) is 0 Å². The van der Waals surface area contributed by atoms with Crippen LogP contribution in [0.3, 0.4) is 0 Å². The van der Waals surface area contributed by atoms with E-state index in [1.54, 1.807) is 12.5 Å². The molecular weight excluding hydrogens is 236 g/mol. The van der Waals surface area contributed by atoms with Crippen molar-refractivity contribution in [1.82, 2.24) is 4.98 Å². The van der Waals surface area contributed by atoms with Crippen LogP contribution < -0.4 is 4.90 Å². The number of halogens is 1. The second-order valence-electron chi connectivity index (χ2n) is 4.10. The SMILES string of the molecule is Cc1cc(CCl)cc(N(C)Cc2ccoc2)n1. The highest BCUT2D eigenvalue weighted by molar-refractivity contribution is 6.17. The number of hydrogen-bond acceptors (Lipinski definition) is 3. The average Bonchev–Trinajstić information content (AvgIpc) is 2.81. The Labute approximate surface area is 106 Å². The predicted octanol–water partition coefficient (Wildman–Crippen LogP) is 3.36. The molecule has 0 aliphatic carbocycles. The van der Waals surface area contributed by atoms with Crippen LogP contribution in [0.5, 0.6) is 0 Å². The number of nitrogens with zero attached hydrogens (tertiary/aromatic N) is 2. The molecule has 2 heterocycles. The van der Waals surface area contributed by atoms with E-state index in [0.717, 1.165) is 29.2 Å². The number of aryl methyl sites for hydroxylation is 1.